The Morgan fingerprint density at radius 3 is 2.32 bits per heavy atom. The molecule has 0 spiro atoms. The Morgan fingerprint density at radius 1 is 0.682 bits per heavy atom. The van der Waals surface area contributed by atoms with E-state index < -0.39 is 0 Å². The third-order valence-corrected chi connectivity index (χ3v) is 10.7. The molecule has 0 heteroatoms. The maximum absolute atomic E-state index is 2.52. The molecule has 4 aromatic carbocycles. The van der Waals surface area contributed by atoms with Gasteiger partial charge in [-0.2, -0.15) is 0 Å². The SMILES string of the molecule is CC(C)(C)C1=CC2C=Cc3ccc(-c4ccc5cc(-c6ccc7c(c6)CCC6=C7CCC=C6)ccc5c4)c4c3C2C(=C1)C=C4. The van der Waals surface area contributed by atoms with Gasteiger partial charge in [0.05, 0.1) is 0 Å². The average molecular weight is 567 g/mol. The molecule has 0 bridgehead atoms. The smallest absolute Gasteiger partial charge is 0.0199 e. The molecule has 0 aromatic heterocycles. The first-order valence-corrected chi connectivity index (χ1v) is 16.4. The van der Waals surface area contributed by atoms with E-state index in [4.69, 9.17) is 0 Å². The van der Waals surface area contributed by atoms with Gasteiger partial charge in [0.2, 0.25) is 0 Å². The summed E-state index contributed by atoms with van der Waals surface area (Å²) in [6.07, 6.45) is 23.9. The van der Waals surface area contributed by atoms with Gasteiger partial charge in [-0.1, -0.05) is 124 Å². The van der Waals surface area contributed by atoms with Gasteiger partial charge >= 0.3 is 0 Å². The van der Waals surface area contributed by atoms with Crippen LogP contribution in [0.5, 0.6) is 0 Å². The monoisotopic (exact) mass is 566 g/mol. The number of allylic oxidation sites excluding steroid dienone is 10. The van der Waals surface area contributed by atoms with Crippen LogP contribution in [0.25, 0.3) is 50.8 Å². The van der Waals surface area contributed by atoms with Crippen LogP contribution >= 0.6 is 0 Å². The van der Waals surface area contributed by atoms with Crippen molar-refractivity contribution >= 4 is 28.5 Å². The van der Waals surface area contributed by atoms with Gasteiger partial charge in [0.25, 0.3) is 0 Å². The van der Waals surface area contributed by atoms with E-state index in [2.05, 4.69) is 136 Å². The highest BCUT2D eigenvalue weighted by Gasteiger charge is 2.36. The molecule has 0 radical (unpaired) electrons. The lowest BCUT2D eigenvalue weighted by Gasteiger charge is -2.39. The number of hydrogen-bond donors (Lipinski definition) is 0. The van der Waals surface area contributed by atoms with Crippen molar-refractivity contribution in [1.82, 2.24) is 0 Å². The number of rotatable bonds is 2. The van der Waals surface area contributed by atoms with E-state index in [9.17, 15) is 0 Å². The highest BCUT2D eigenvalue weighted by Crippen LogP contribution is 2.51. The summed E-state index contributed by atoms with van der Waals surface area (Å²) < 4.78 is 0. The third kappa shape index (κ3) is 4.04. The normalized spacial score (nSPS) is 21.1. The quantitative estimate of drug-likeness (QED) is 0.226. The van der Waals surface area contributed by atoms with Crippen LogP contribution in [-0.2, 0) is 6.42 Å². The number of benzene rings is 4. The predicted molar refractivity (Wildman–Crippen MR) is 188 cm³/mol. The van der Waals surface area contributed by atoms with Crippen molar-refractivity contribution in [3.8, 4) is 22.3 Å². The molecule has 0 amide bonds. The summed E-state index contributed by atoms with van der Waals surface area (Å²) in [6.45, 7) is 6.97. The summed E-state index contributed by atoms with van der Waals surface area (Å²) >= 11 is 0. The molecule has 0 N–H and O–H groups in total. The van der Waals surface area contributed by atoms with Crippen molar-refractivity contribution in [1.29, 1.82) is 0 Å². The Labute approximate surface area is 261 Å². The molecule has 0 aliphatic heterocycles. The highest BCUT2D eigenvalue weighted by atomic mass is 14.4. The van der Waals surface area contributed by atoms with Crippen molar-refractivity contribution in [3.05, 3.63) is 148 Å². The molecular formula is C44H38. The number of fused-ring (bicyclic) bond motifs is 3. The zero-order chi connectivity index (χ0) is 29.6. The van der Waals surface area contributed by atoms with Crippen LogP contribution in [0.2, 0.25) is 0 Å². The van der Waals surface area contributed by atoms with Crippen LogP contribution < -0.4 is 0 Å². The fourth-order valence-corrected chi connectivity index (χ4v) is 8.35. The van der Waals surface area contributed by atoms with Crippen molar-refractivity contribution < 1.29 is 0 Å². The fraction of sp³-hybridized carbons (Fsp3) is 0.227. The van der Waals surface area contributed by atoms with Crippen LogP contribution in [0, 0.1) is 11.3 Å². The average Bonchev–Trinajstić information content (AvgIpc) is 3.05. The Morgan fingerprint density at radius 2 is 1.45 bits per heavy atom. The molecule has 5 aliphatic carbocycles. The van der Waals surface area contributed by atoms with Gasteiger partial charge < -0.3 is 0 Å². The van der Waals surface area contributed by atoms with E-state index in [1.807, 2.05) is 0 Å². The van der Waals surface area contributed by atoms with E-state index >= 15 is 0 Å². The lowest BCUT2D eigenvalue weighted by Crippen LogP contribution is -2.24. The summed E-state index contributed by atoms with van der Waals surface area (Å²) in [5.74, 6) is 0.839. The molecule has 2 unspecified atom stereocenters. The fourth-order valence-electron chi connectivity index (χ4n) is 8.35. The van der Waals surface area contributed by atoms with E-state index in [1.165, 1.54) is 91.3 Å². The topological polar surface area (TPSA) is 0 Å². The van der Waals surface area contributed by atoms with Crippen LogP contribution in [-0.4, -0.2) is 0 Å². The Hall–Kier alpha value is -4.42. The molecule has 0 saturated carbocycles. The standard InChI is InChI=1S/C44H38/c1-44(2,3)37-25-35-15-9-28-16-19-40(41-21-18-36(26-37)42(35)43(28)41)34-14-12-30-22-29(10-11-31(30)23-34)32-17-20-39-33(24-32)13-8-27-6-4-5-7-38(27)39/h4,6,9-12,14-26,35,42H,5,7-8,13H2,1-3H3. The van der Waals surface area contributed by atoms with Crippen LogP contribution in [0.4, 0.5) is 0 Å². The van der Waals surface area contributed by atoms with E-state index in [1.54, 1.807) is 11.1 Å². The molecule has 44 heavy (non-hydrogen) atoms. The minimum atomic E-state index is 0.154. The highest BCUT2D eigenvalue weighted by molar-refractivity contribution is 5.93. The molecule has 0 nitrogen and oxygen atoms in total. The molecule has 0 saturated heterocycles. The summed E-state index contributed by atoms with van der Waals surface area (Å²) in [7, 11) is 0. The van der Waals surface area contributed by atoms with Gasteiger partial charge in [-0.25, -0.2) is 0 Å². The first-order valence-electron chi connectivity index (χ1n) is 16.4. The second kappa shape index (κ2) is 9.54. The van der Waals surface area contributed by atoms with E-state index in [0.29, 0.717) is 11.8 Å². The summed E-state index contributed by atoms with van der Waals surface area (Å²) in [5, 5.41) is 2.60. The Kier molecular flexibility index (Phi) is 5.64. The Bertz CT molecular complexity index is 2090. The molecule has 214 valence electrons. The summed E-state index contributed by atoms with van der Waals surface area (Å²) in [4.78, 5) is 0. The lowest BCUT2D eigenvalue weighted by molar-refractivity contribution is 0.499. The molecule has 4 aromatic rings. The second-order valence-electron chi connectivity index (χ2n) is 14.4. The number of hydrogen-bond acceptors (Lipinski definition) is 0. The van der Waals surface area contributed by atoms with Crippen molar-refractivity contribution in [2.45, 2.75) is 52.4 Å². The first kappa shape index (κ1) is 26.0. The molecular weight excluding hydrogens is 528 g/mol. The number of aryl methyl sites for hydroxylation is 1. The molecule has 2 atom stereocenters. The van der Waals surface area contributed by atoms with Crippen molar-refractivity contribution in [3.63, 3.8) is 0 Å². The van der Waals surface area contributed by atoms with Crippen LogP contribution in [0.1, 0.15) is 73.8 Å². The zero-order valence-corrected chi connectivity index (χ0v) is 26.0. The van der Waals surface area contributed by atoms with Crippen LogP contribution in [0.15, 0.2) is 120 Å². The second-order valence-corrected chi connectivity index (χ2v) is 14.4. The zero-order valence-electron chi connectivity index (χ0n) is 26.0. The van der Waals surface area contributed by atoms with Gasteiger partial charge in [-0.15, -0.1) is 0 Å². The van der Waals surface area contributed by atoms with Gasteiger partial charge in [0.15, 0.2) is 0 Å². The predicted octanol–water partition coefficient (Wildman–Crippen LogP) is 11.9. The van der Waals surface area contributed by atoms with E-state index in [0.717, 1.165) is 6.42 Å². The molecule has 0 heterocycles. The maximum atomic E-state index is 2.52. The maximum Gasteiger partial charge on any atom is 0.0199 e. The van der Waals surface area contributed by atoms with Gasteiger partial charge in [-0.3, -0.25) is 0 Å². The lowest BCUT2D eigenvalue weighted by atomic mass is 9.65. The van der Waals surface area contributed by atoms with Crippen LogP contribution in [0.3, 0.4) is 0 Å². The summed E-state index contributed by atoms with van der Waals surface area (Å²) in [6, 6.07) is 25.9. The van der Waals surface area contributed by atoms with Crippen molar-refractivity contribution in [2.75, 3.05) is 0 Å². The molecule has 5 aliphatic rings. The van der Waals surface area contributed by atoms with Gasteiger partial charge in [0.1, 0.15) is 0 Å². The Balaban J connectivity index is 1.07. The van der Waals surface area contributed by atoms with Gasteiger partial charge in [0, 0.05) is 11.8 Å². The molecule has 9 rings (SSSR count). The molecule has 0 fully saturated rings. The van der Waals surface area contributed by atoms with Gasteiger partial charge in [-0.05, 0) is 126 Å². The largest absolute Gasteiger partial charge is 0.0839 e. The van der Waals surface area contributed by atoms with Crippen molar-refractivity contribution in [2.24, 2.45) is 11.3 Å². The van der Waals surface area contributed by atoms with E-state index in [-0.39, 0.29) is 5.41 Å². The third-order valence-electron chi connectivity index (χ3n) is 10.7. The minimum absolute atomic E-state index is 0.154. The summed E-state index contributed by atoms with van der Waals surface area (Å²) in [5.41, 5.74) is 18.7. The first-order chi connectivity index (χ1) is 21.4. The minimum Gasteiger partial charge on any atom is -0.0839 e.